The van der Waals surface area contributed by atoms with Crippen LogP contribution in [0.3, 0.4) is 0 Å². The second-order valence-electron chi connectivity index (χ2n) is 5.08. The van der Waals surface area contributed by atoms with E-state index in [-0.39, 0.29) is 12.1 Å². The van der Waals surface area contributed by atoms with Gasteiger partial charge in [0.2, 0.25) is 0 Å². The van der Waals surface area contributed by atoms with E-state index in [9.17, 15) is 4.79 Å². The second-order valence-corrected chi connectivity index (χ2v) is 5.48. The normalized spacial score (nSPS) is 11.3. The van der Waals surface area contributed by atoms with Crippen molar-refractivity contribution in [3.05, 3.63) is 28.8 Å². The lowest BCUT2D eigenvalue weighted by molar-refractivity contribution is -0.119. The van der Waals surface area contributed by atoms with Gasteiger partial charge in [0.25, 0.3) is 5.91 Å². The number of amides is 1. The molecule has 0 spiro atoms. The Morgan fingerprint density at radius 3 is 2.67 bits per heavy atom. The zero-order chi connectivity index (χ0) is 13.8. The molecule has 0 bridgehead atoms. The molecule has 1 aromatic rings. The van der Waals surface area contributed by atoms with Crippen LogP contribution in [0.4, 0.5) is 0 Å². The van der Waals surface area contributed by atoms with Crippen molar-refractivity contribution in [1.29, 1.82) is 0 Å². The number of ether oxygens (including phenoxy) is 1. The van der Waals surface area contributed by atoms with E-state index in [1.807, 2.05) is 0 Å². The number of rotatable bonds is 5. The highest BCUT2D eigenvalue weighted by Gasteiger charge is 2.13. The second kappa shape index (κ2) is 6.07. The molecule has 0 atom stereocenters. The minimum absolute atomic E-state index is 0.0277. The van der Waals surface area contributed by atoms with Gasteiger partial charge in [-0.15, -0.1) is 0 Å². The molecule has 0 saturated carbocycles. The van der Waals surface area contributed by atoms with Gasteiger partial charge in [0, 0.05) is 22.7 Å². The predicted octanol–water partition coefficient (Wildman–Crippen LogP) is 2.09. The summed E-state index contributed by atoms with van der Waals surface area (Å²) >= 11 is 6.14. The van der Waals surface area contributed by atoms with E-state index >= 15 is 0 Å². The number of hydrogen-bond donors (Lipinski definition) is 2. The maximum absolute atomic E-state index is 10.7. The predicted molar refractivity (Wildman–Crippen MR) is 72.7 cm³/mol. The van der Waals surface area contributed by atoms with Gasteiger partial charge in [-0.2, -0.15) is 0 Å². The first-order chi connectivity index (χ1) is 8.29. The molecular weight excluding hydrogens is 252 g/mol. The topological polar surface area (TPSA) is 64.3 Å². The molecule has 0 saturated heterocycles. The number of halogens is 1. The number of nitrogens with two attached hydrogens (primary N) is 1. The highest BCUT2D eigenvalue weighted by molar-refractivity contribution is 6.31. The molecule has 1 aromatic carbocycles. The Morgan fingerprint density at radius 2 is 2.11 bits per heavy atom. The fourth-order valence-corrected chi connectivity index (χ4v) is 1.58. The summed E-state index contributed by atoms with van der Waals surface area (Å²) in [6, 6.07) is 5.34. The summed E-state index contributed by atoms with van der Waals surface area (Å²) < 4.78 is 5.35. The van der Waals surface area contributed by atoms with E-state index < -0.39 is 5.91 Å². The summed E-state index contributed by atoms with van der Waals surface area (Å²) in [6.07, 6.45) is 0. The molecule has 0 heterocycles. The summed E-state index contributed by atoms with van der Waals surface area (Å²) in [5.41, 5.74) is 5.86. The molecular formula is C13H19ClN2O2. The van der Waals surface area contributed by atoms with Crippen molar-refractivity contribution in [2.45, 2.75) is 32.9 Å². The third-order valence-corrected chi connectivity index (χ3v) is 2.60. The van der Waals surface area contributed by atoms with Gasteiger partial charge in [-0.05, 0) is 32.9 Å². The maximum Gasteiger partial charge on any atom is 0.255 e. The smallest absolute Gasteiger partial charge is 0.255 e. The molecule has 0 radical (unpaired) electrons. The van der Waals surface area contributed by atoms with Gasteiger partial charge in [-0.1, -0.05) is 17.7 Å². The Balaban J connectivity index is 2.83. The van der Waals surface area contributed by atoms with E-state index in [4.69, 9.17) is 22.1 Å². The lowest BCUT2D eigenvalue weighted by Crippen LogP contribution is -2.35. The number of primary amides is 1. The van der Waals surface area contributed by atoms with Gasteiger partial charge < -0.3 is 15.8 Å². The Morgan fingerprint density at radius 1 is 1.44 bits per heavy atom. The highest BCUT2D eigenvalue weighted by Crippen LogP contribution is 2.26. The Kier molecular flexibility index (Phi) is 4.99. The first-order valence-corrected chi connectivity index (χ1v) is 6.11. The minimum Gasteiger partial charge on any atom is -0.483 e. The van der Waals surface area contributed by atoms with E-state index in [2.05, 4.69) is 26.1 Å². The Bertz CT molecular complexity index is 427. The van der Waals surface area contributed by atoms with Gasteiger partial charge in [0.05, 0.1) is 0 Å². The summed E-state index contributed by atoms with van der Waals surface area (Å²) in [4.78, 5) is 10.7. The quantitative estimate of drug-likeness (QED) is 0.861. The van der Waals surface area contributed by atoms with Gasteiger partial charge >= 0.3 is 0 Å². The lowest BCUT2D eigenvalue weighted by Gasteiger charge is -2.22. The van der Waals surface area contributed by atoms with Crippen molar-refractivity contribution in [1.82, 2.24) is 5.32 Å². The van der Waals surface area contributed by atoms with Crippen LogP contribution in [0.25, 0.3) is 0 Å². The molecule has 1 amide bonds. The highest BCUT2D eigenvalue weighted by atomic mass is 35.5. The molecule has 0 unspecified atom stereocenters. The van der Waals surface area contributed by atoms with Crippen LogP contribution in [0.5, 0.6) is 5.75 Å². The zero-order valence-corrected chi connectivity index (χ0v) is 11.7. The molecule has 5 heteroatoms. The standard InChI is InChI=1S/C13H19ClN2O2/c1-13(2,3)16-7-9-10(14)5-4-6-11(9)18-8-12(15)17/h4-6,16H,7-8H2,1-3H3,(H2,15,17). The minimum atomic E-state index is -0.510. The van der Waals surface area contributed by atoms with Crippen molar-refractivity contribution in [2.24, 2.45) is 5.73 Å². The number of hydrogen-bond acceptors (Lipinski definition) is 3. The molecule has 0 aliphatic heterocycles. The van der Waals surface area contributed by atoms with Gasteiger partial charge in [-0.3, -0.25) is 4.79 Å². The van der Waals surface area contributed by atoms with E-state index in [1.54, 1.807) is 18.2 Å². The van der Waals surface area contributed by atoms with Crippen molar-refractivity contribution in [3.8, 4) is 5.75 Å². The first kappa shape index (κ1) is 14.8. The van der Waals surface area contributed by atoms with Crippen LogP contribution in [-0.2, 0) is 11.3 Å². The molecule has 1 rings (SSSR count). The van der Waals surface area contributed by atoms with Crippen LogP contribution in [0, 0.1) is 0 Å². The number of nitrogens with one attached hydrogen (secondary N) is 1. The number of carbonyl (C=O) groups is 1. The van der Waals surface area contributed by atoms with E-state index in [0.29, 0.717) is 17.3 Å². The van der Waals surface area contributed by atoms with Crippen LogP contribution >= 0.6 is 11.6 Å². The number of benzene rings is 1. The molecule has 0 fully saturated rings. The van der Waals surface area contributed by atoms with Crippen molar-refractivity contribution < 1.29 is 9.53 Å². The fraction of sp³-hybridized carbons (Fsp3) is 0.462. The van der Waals surface area contributed by atoms with Crippen LogP contribution < -0.4 is 15.8 Å². The summed E-state index contributed by atoms with van der Waals surface area (Å²) in [5, 5.41) is 3.93. The zero-order valence-electron chi connectivity index (χ0n) is 10.9. The van der Waals surface area contributed by atoms with E-state index in [1.165, 1.54) is 0 Å². The lowest BCUT2D eigenvalue weighted by atomic mass is 10.1. The average molecular weight is 271 g/mol. The summed E-state index contributed by atoms with van der Waals surface area (Å²) in [7, 11) is 0. The number of carbonyl (C=O) groups excluding carboxylic acids is 1. The van der Waals surface area contributed by atoms with Gasteiger partial charge in [0.1, 0.15) is 5.75 Å². The first-order valence-electron chi connectivity index (χ1n) is 5.73. The third kappa shape index (κ3) is 4.94. The average Bonchev–Trinajstić information content (AvgIpc) is 2.23. The third-order valence-electron chi connectivity index (χ3n) is 2.24. The van der Waals surface area contributed by atoms with Gasteiger partial charge in [0.15, 0.2) is 6.61 Å². The summed E-state index contributed by atoms with van der Waals surface area (Å²) in [6.45, 7) is 6.61. The van der Waals surface area contributed by atoms with Crippen molar-refractivity contribution >= 4 is 17.5 Å². The summed E-state index contributed by atoms with van der Waals surface area (Å²) in [5.74, 6) is 0.0720. The van der Waals surface area contributed by atoms with Crippen LogP contribution in [-0.4, -0.2) is 18.1 Å². The molecule has 3 N–H and O–H groups in total. The van der Waals surface area contributed by atoms with Crippen molar-refractivity contribution in [3.63, 3.8) is 0 Å². The molecule has 0 aliphatic carbocycles. The molecule has 0 aromatic heterocycles. The fourth-order valence-electron chi connectivity index (χ4n) is 1.35. The molecule has 18 heavy (non-hydrogen) atoms. The Hall–Kier alpha value is -1.26. The molecule has 0 aliphatic rings. The van der Waals surface area contributed by atoms with Crippen LogP contribution in [0.2, 0.25) is 5.02 Å². The van der Waals surface area contributed by atoms with Crippen LogP contribution in [0.1, 0.15) is 26.3 Å². The molecule has 100 valence electrons. The maximum atomic E-state index is 10.7. The SMILES string of the molecule is CC(C)(C)NCc1c(Cl)cccc1OCC(N)=O. The molecule has 4 nitrogen and oxygen atoms in total. The largest absolute Gasteiger partial charge is 0.483 e. The van der Waals surface area contributed by atoms with Crippen molar-refractivity contribution in [2.75, 3.05) is 6.61 Å². The Labute approximate surface area is 112 Å². The van der Waals surface area contributed by atoms with E-state index in [0.717, 1.165) is 5.56 Å². The monoisotopic (exact) mass is 270 g/mol. The van der Waals surface area contributed by atoms with Crippen LogP contribution in [0.15, 0.2) is 18.2 Å². The van der Waals surface area contributed by atoms with Gasteiger partial charge in [-0.25, -0.2) is 0 Å².